The molecule has 0 N–H and O–H groups in total. The zero-order valence-corrected chi connectivity index (χ0v) is 17.2. The number of halogens is 3. The molecule has 0 aliphatic heterocycles. The number of carbonyl (C=O) groups excluding carboxylic acids is 1. The number of Topliss-reactive ketones (excluding diaryl/α,β-unsaturated/α-hetero) is 1. The standard InChI is InChI=1S/C23H25F3N2O/c1-16-9-6-7-12-19(16)21(15-28(4)5)22(29)20(14-27(2)3)17-10-8-11-18(13-17)23(24,25)26/h6-15H,1-5H3/b20-14+,21-15+. The minimum atomic E-state index is -4.49. The van der Waals surface area contributed by atoms with E-state index < -0.39 is 11.7 Å². The van der Waals surface area contributed by atoms with Crippen molar-refractivity contribution in [2.75, 3.05) is 28.2 Å². The molecular formula is C23H25F3N2O. The van der Waals surface area contributed by atoms with Crippen molar-refractivity contribution in [2.45, 2.75) is 13.1 Å². The molecule has 29 heavy (non-hydrogen) atoms. The predicted molar refractivity (Wildman–Crippen MR) is 111 cm³/mol. The van der Waals surface area contributed by atoms with Gasteiger partial charge in [0, 0.05) is 51.7 Å². The lowest BCUT2D eigenvalue weighted by molar-refractivity contribution is -0.137. The molecule has 0 saturated carbocycles. The topological polar surface area (TPSA) is 23.6 Å². The van der Waals surface area contributed by atoms with Crippen LogP contribution in [-0.2, 0) is 11.0 Å². The number of hydrogen-bond donors (Lipinski definition) is 0. The maximum atomic E-state index is 13.6. The van der Waals surface area contributed by atoms with Gasteiger partial charge >= 0.3 is 6.18 Å². The van der Waals surface area contributed by atoms with Gasteiger partial charge in [-0.2, -0.15) is 13.2 Å². The predicted octanol–water partition coefficient (Wildman–Crippen LogP) is 5.09. The minimum Gasteiger partial charge on any atom is -0.383 e. The third kappa shape index (κ3) is 5.73. The number of benzene rings is 2. The second-order valence-electron chi connectivity index (χ2n) is 7.24. The van der Waals surface area contributed by atoms with Gasteiger partial charge in [0.1, 0.15) is 0 Å². The van der Waals surface area contributed by atoms with E-state index in [9.17, 15) is 18.0 Å². The molecule has 0 fully saturated rings. The number of nitrogens with zero attached hydrogens (tertiary/aromatic N) is 2. The van der Waals surface area contributed by atoms with E-state index in [0.29, 0.717) is 5.57 Å². The van der Waals surface area contributed by atoms with Gasteiger partial charge in [0.2, 0.25) is 0 Å². The largest absolute Gasteiger partial charge is 0.416 e. The fourth-order valence-corrected chi connectivity index (χ4v) is 2.91. The van der Waals surface area contributed by atoms with Gasteiger partial charge in [-0.1, -0.05) is 36.4 Å². The van der Waals surface area contributed by atoms with E-state index in [1.807, 2.05) is 31.2 Å². The summed E-state index contributed by atoms with van der Waals surface area (Å²) in [6, 6.07) is 12.3. The third-order valence-electron chi connectivity index (χ3n) is 4.20. The molecule has 0 aromatic heterocycles. The number of allylic oxidation sites excluding steroid dienone is 2. The van der Waals surface area contributed by atoms with E-state index in [-0.39, 0.29) is 16.9 Å². The van der Waals surface area contributed by atoms with Crippen molar-refractivity contribution in [2.24, 2.45) is 0 Å². The number of carbonyl (C=O) groups is 1. The Labute approximate surface area is 169 Å². The Kier molecular flexibility index (Phi) is 6.90. The first-order chi connectivity index (χ1) is 13.5. The first-order valence-corrected chi connectivity index (χ1v) is 9.05. The highest BCUT2D eigenvalue weighted by Crippen LogP contribution is 2.33. The Bertz CT molecular complexity index is 941. The molecule has 0 aliphatic carbocycles. The van der Waals surface area contributed by atoms with Crippen molar-refractivity contribution in [1.82, 2.24) is 9.80 Å². The average Bonchev–Trinajstić information content (AvgIpc) is 2.63. The molecule has 2 aromatic rings. The number of alkyl halides is 3. The Morgan fingerprint density at radius 3 is 2.00 bits per heavy atom. The number of rotatable bonds is 6. The SMILES string of the molecule is Cc1ccccc1/C(=C\N(C)C)C(=O)/C(=C/N(C)C)c1cccc(C(F)(F)F)c1. The molecule has 6 heteroatoms. The summed E-state index contributed by atoms with van der Waals surface area (Å²) < 4.78 is 39.6. The molecule has 154 valence electrons. The van der Waals surface area contributed by atoms with Crippen LogP contribution in [0.1, 0.15) is 22.3 Å². The highest BCUT2D eigenvalue weighted by molar-refractivity contribution is 6.42. The van der Waals surface area contributed by atoms with E-state index >= 15 is 0 Å². The van der Waals surface area contributed by atoms with Gasteiger partial charge in [-0.05, 0) is 35.7 Å². The van der Waals surface area contributed by atoms with Crippen LogP contribution >= 0.6 is 0 Å². The fraction of sp³-hybridized carbons (Fsp3) is 0.261. The first kappa shape index (κ1) is 22.3. The Hall–Kier alpha value is -3.02. The fourth-order valence-electron chi connectivity index (χ4n) is 2.91. The van der Waals surface area contributed by atoms with Gasteiger partial charge < -0.3 is 9.80 Å². The number of aryl methyl sites for hydroxylation is 1. The summed E-state index contributed by atoms with van der Waals surface area (Å²) in [5.41, 5.74) is 1.68. The lowest BCUT2D eigenvalue weighted by atomic mass is 9.90. The second-order valence-corrected chi connectivity index (χ2v) is 7.24. The van der Waals surface area contributed by atoms with Gasteiger partial charge in [0.05, 0.1) is 5.56 Å². The van der Waals surface area contributed by atoms with Gasteiger partial charge in [-0.25, -0.2) is 0 Å². The highest BCUT2D eigenvalue weighted by Gasteiger charge is 2.31. The molecule has 0 bridgehead atoms. The van der Waals surface area contributed by atoms with Crippen LogP contribution in [0.15, 0.2) is 60.9 Å². The van der Waals surface area contributed by atoms with E-state index in [1.54, 1.807) is 50.4 Å². The first-order valence-electron chi connectivity index (χ1n) is 9.05. The quantitative estimate of drug-likeness (QED) is 0.629. The van der Waals surface area contributed by atoms with E-state index in [2.05, 4.69) is 0 Å². The minimum absolute atomic E-state index is 0.192. The summed E-state index contributed by atoms with van der Waals surface area (Å²) in [7, 11) is 7.05. The van der Waals surface area contributed by atoms with E-state index in [1.165, 1.54) is 12.1 Å². The smallest absolute Gasteiger partial charge is 0.383 e. The second kappa shape index (κ2) is 8.99. The molecule has 0 heterocycles. The normalized spacial score (nSPS) is 12.7. The van der Waals surface area contributed by atoms with Crippen LogP contribution in [0.2, 0.25) is 0 Å². The van der Waals surface area contributed by atoms with Crippen LogP contribution in [0.5, 0.6) is 0 Å². The zero-order chi connectivity index (χ0) is 21.8. The summed E-state index contributed by atoms with van der Waals surface area (Å²) in [5, 5.41) is 0. The molecule has 0 unspecified atom stereocenters. The monoisotopic (exact) mass is 402 g/mol. The summed E-state index contributed by atoms with van der Waals surface area (Å²) in [6.45, 7) is 1.89. The number of ketones is 1. The summed E-state index contributed by atoms with van der Waals surface area (Å²) in [4.78, 5) is 17.0. The van der Waals surface area contributed by atoms with E-state index in [0.717, 1.165) is 23.3 Å². The van der Waals surface area contributed by atoms with Crippen molar-refractivity contribution >= 4 is 16.9 Å². The van der Waals surface area contributed by atoms with Crippen molar-refractivity contribution in [3.8, 4) is 0 Å². The molecule has 3 nitrogen and oxygen atoms in total. The molecular weight excluding hydrogens is 377 g/mol. The molecule has 0 amide bonds. The lowest BCUT2D eigenvalue weighted by Crippen LogP contribution is -2.14. The molecule has 2 aromatic carbocycles. The third-order valence-corrected chi connectivity index (χ3v) is 4.20. The van der Waals surface area contributed by atoms with Crippen LogP contribution in [0.25, 0.3) is 11.1 Å². The summed E-state index contributed by atoms with van der Waals surface area (Å²) >= 11 is 0. The van der Waals surface area contributed by atoms with E-state index in [4.69, 9.17) is 0 Å². The van der Waals surface area contributed by atoms with Crippen molar-refractivity contribution < 1.29 is 18.0 Å². The van der Waals surface area contributed by atoms with Gasteiger partial charge in [0.25, 0.3) is 0 Å². The molecule has 2 rings (SSSR count). The number of hydrogen-bond acceptors (Lipinski definition) is 3. The van der Waals surface area contributed by atoms with Crippen molar-refractivity contribution in [1.29, 1.82) is 0 Å². The van der Waals surface area contributed by atoms with Crippen LogP contribution in [0.4, 0.5) is 13.2 Å². The van der Waals surface area contributed by atoms with Crippen LogP contribution in [0.3, 0.4) is 0 Å². The van der Waals surface area contributed by atoms with Gasteiger partial charge in [-0.15, -0.1) is 0 Å². The maximum Gasteiger partial charge on any atom is 0.416 e. The Morgan fingerprint density at radius 1 is 0.862 bits per heavy atom. The van der Waals surface area contributed by atoms with Crippen molar-refractivity contribution in [3.63, 3.8) is 0 Å². The molecule has 0 saturated heterocycles. The highest BCUT2D eigenvalue weighted by atomic mass is 19.4. The molecule has 0 aliphatic rings. The molecule has 0 radical (unpaired) electrons. The van der Waals surface area contributed by atoms with Crippen LogP contribution < -0.4 is 0 Å². The average molecular weight is 402 g/mol. The van der Waals surface area contributed by atoms with Crippen LogP contribution in [0, 0.1) is 6.92 Å². The molecule has 0 spiro atoms. The Balaban J connectivity index is 2.66. The summed E-state index contributed by atoms with van der Waals surface area (Å²) in [5.74, 6) is -0.346. The van der Waals surface area contributed by atoms with Gasteiger partial charge in [-0.3, -0.25) is 4.79 Å². The maximum absolute atomic E-state index is 13.6. The van der Waals surface area contributed by atoms with Crippen molar-refractivity contribution in [3.05, 3.63) is 83.2 Å². The Morgan fingerprint density at radius 2 is 1.45 bits per heavy atom. The zero-order valence-electron chi connectivity index (χ0n) is 17.2. The molecule has 0 atom stereocenters. The van der Waals surface area contributed by atoms with Gasteiger partial charge in [0.15, 0.2) is 5.78 Å². The lowest BCUT2D eigenvalue weighted by Gasteiger charge is -2.18. The summed E-state index contributed by atoms with van der Waals surface area (Å²) in [6.07, 6.45) is -1.23. The van der Waals surface area contributed by atoms with Crippen LogP contribution in [-0.4, -0.2) is 43.8 Å².